The Bertz CT molecular complexity index is 972. The van der Waals surface area contributed by atoms with Crippen molar-refractivity contribution < 1.29 is 4.42 Å². The van der Waals surface area contributed by atoms with Gasteiger partial charge in [-0.15, -0.1) is 5.10 Å². The molecule has 0 aliphatic heterocycles. The first-order valence-electron chi connectivity index (χ1n) is 7.48. The summed E-state index contributed by atoms with van der Waals surface area (Å²) in [5, 5.41) is 11.2. The van der Waals surface area contributed by atoms with Crippen LogP contribution in [0.3, 0.4) is 0 Å². The van der Waals surface area contributed by atoms with Gasteiger partial charge in [0, 0.05) is 24.2 Å². The zero-order chi connectivity index (χ0) is 16.5. The first-order chi connectivity index (χ1) is 11.7. The number of aryl methyl sites for hydroxylation is 2. The molecule has 0 saturated heterocycles. The summed E-state index contributed by atoms with van der Waals surface area (Å²) >= 11 is 0. The second kappa shape index (κ2) is 5.73. The molecule has 24 heavy (non-hydrogen) atoms. The number of nitrogens with zero attached hydrogens (tertiary/aromatic N) is 6. The maximum Gasteiger partial charge on any atom is 0.243 e. The highest BCUT2D eigenvalue weighted by molar-refractivity contribution is 5.61. The van der Waals surface area contributed by atoms with Crippen LogP contribution >= 0.6 is 0 Å². The molecule has 0 amide bonds. The summed E-state index contributed by atoms with van der Waals surface area (Å²) in [4.78, 5) is 13.1. The van der Waals surface area contributed by atoms with Gasteiger partial charge in [0.05, 0.1) is 24.1 Å². The molecule has 1 N–H and O–H groups in total. The van der Waals surface area contributed by atoms with Crippen molar-refractivity contribution in [2.45, 2.75) is 20.4 Å². The Morgan fingerprint density at radius 2 is 2.17 bits per heavy atom. The molecule has 4 heterocycles. The van der Waals surface area contributed by atoms with E-state index in [-0.39, 0.29) is 0 Å². The maximum atomic E-state index is 5.54. The Morgan fingerprint density at radius 1 is 1.25 bits per heavy atom. The summed E-state index contributed by atoms with van der Waals surface area (Å²) in [5.74, 6) is 2.75. The molecular weight excluding hydrogens is 306 g/mol. The summed E-state index contributed by atoms with van der Waals surface area (Å²) in [6.07, 6.45) is 7.15. The van der Waals surface area contributed by atoms with Crippen molar-refractivity contribution in [3.8, 4) is 11.3 Å². The zero-order valence-corrected chi connectivity index (χ0v) is 13.3. The van der Waals surface area contributed by atoms with Crippen LogP contribution in [-0.4, -0.2) is 29.5 Å². The quantitative estimate of drug-likeness (QED) is 0.616. The molecule has 8 heteroatoms. The van der Waals surface area contributed by atoms with Gasteiger partial charge in [0.2, 0.25) is 11.7 Å². The molecule has 0 fully saturated rings. The molecule has 0 spiro atoms. The van der Waals surface area contributed by atoms with Gasteiger partial charge in [-0.1, -0.05) is 0 Å². The molecule has 8 nitrogen and oxygen atoms in total. The minimum Gasteiger partial charge on any atom is -0.466 e. The van der Waals surface area contributed by atoms with E-state index >= 15 is 0 Å². The van der Waals surface area contributed by atoms with Gasteiger partial charge in [0.25, 0.3) is 0 Å². The summed E-state index contributed by atoms with van der Waals surface area (Å²) in [5.41, 5.74) is 2.49. The lowest BCUT2D eigenvalue weighted by atomic mass is 10.2. The second-order valence-corrected chi connectivity index (χ2v) is 5.40. The van der Waals surface area contributed by atoms with Gasteiger partial charge in [0.15, 0.2) is 0 Å². The van der Waals surface area contributed by atoms with E-state index in [4.69, 9.17) is 4.42 Å². The van der Waals surface area contributed by atoms with Crippen LogP contribution < -0.4 is 5.32 Å². The van der Waals surface area contributed by atoms with Gasteiger partial charge >= 0.3 is 0 Å². The Kier molecular flexibility index (Phi) is 3.42. The Balaban J connectivity index is 1.54. The van der Waals surface area contributed by atoms with E-state index in [0.29, 0.717) is 18.3 Å². The predicted octanol–water partition coefficient (Wildman–Crippen LogP) is 2.40. The number of hydrogen-bond acceptors (Lipinski definition) is 7. The third kappa shape index (κ3) is 2.69. The van der Waals surface area contributed by atoms with Crippen LogP contribution in [0.1, 0.15) is 17.2 Å². The summed E-state index contributed by atoms with van der Waals surface area (Å²) < 4.78 is 7.41. The Labute approximate surface area is 137 Å². The standard InChI is InChI=1S/C16H15N7O/c1-10-6-13(11(2)24-10)14-8-19-22-15(21-14)18-7-12-9-23-5-3-4-17-16(23)20-12/h3-6,8-9H,7H2,1-2H3,(H,18,21,22). The average molecular weight is 321 g/mol. The highest BCUT2D eigenvalue weighted by atomic mass is 16.3. The largest absolute Gasteiger partial charge is 0.466 e. The fraction of sp³-hybridized carbons (Fsp3) is 0.188. The van der Waals surface area contributed by atoms with Crippen LogP contribution in [0.2, 0.25) is 0 Å². The predicted molar refractivity (Wildman–Crippen MR) is 87.3 cm³/mol. The maximum absolute atomic E-state index is 5.54. The summed E-state index contributed by atoms with van der Waals surface area (Å²) in [6.45, 7) is 4.29. The van der Waals surface area contributed by atoms with E-state index in [9.17, 15) is 0 Å². The van der Waals surface area contributed by atoms with Gasteiger partial charge in [0.1, 0.15) is 11.5 Å². The minimum absolute atomic E-state index is 0.441. The van der Waals surface area contributed by atoms with Gasteiger partial charge in [-0.2, -0.15) is 5.10 Å². The fourth-order valence-electron chi connectivity index (χ4n) is 2.53. The van der Waals surface area contributed by atoms with E-state index < -0.39 is 0 Å². The van der Waals surface area contributed by atoms with E-state index in [1.54, 1.807) is 12.4 Å². The minimum atomic E-state index is 0.441. The number of fused-ring (bicyclic) bond motifs is 1. The van der Waals surface area contributed by atoms with E-state index in [0.717, 1.165) is 28.5 Å². The number of rotatable bonds is 4. The SMILES string of the molecule is Cc1cc(-c2cnnc(NCc3cn4cccnc4n3)n2)c(C)o1. The number of anilines is 1. The molecule has 0 aromatic carbocycles. The van der Waals surface area contributed by atoms with Crippen LogP contribution in [0.4, 0.5) is 5.95 Å². The third-order valence-corrected chi connectivity index (χ3v) is 3.59. The zero-order valence-electron chi connectivity index (χ0n) is 13.3. The molecule has 0 saturated carbocycles. The van der Waals surface area contributed by atoms with Crippen LogP contribution in [0.15, 0.2) is 41.3 Å². The lowest BCUT2D eigenvalue weighted by Crippen LogP contribution is -2.05. The van der Waals surface area contributed by atoms with E-state index in [1.165, 1.54) is 0 Å². The van der Waals surface area contributed by atoms with Gasteiger partial charge in [-0.05, 0) is 26.0 Å². The van der Waals surface area contributed by atoms with Crippen molar-refractivity contribution in [3.63, 3.8) is 0 Å². The highest BCUT2D eigenvalue weighted by Gasteiger charge is 2.11. The molecule has 4 rings (SSSR count). The molecule has 0 radical (unpaired) electrons. The van der Waals surface area contributed by atoms with Gasteiger partial charge in [-0.3, -0.25) is 4.40 Å². The molecule has 0 aliphatic carbocycles. The highest BCUT2D eigenvalue weighted by Crippen LogP contribution is 2.24. The van der Waals surface area contributed by atoms with Gasteiger partial charge < -0.3 is 9.73 Å². The van der Waals surface area contributed by atoms with Crippen LogP contribution in [0.25, 0.3) is 17.0 Å². The normalized spacial score (nSPS) is 11.1. The molecular formula is C16H15N7O. The van der Waals surface area contributed by atoms with E-state index in [2.05, 4.69) is 30.5 Å². The molecule has 120 valence electrons. The molecule has 0 atom stereocenters. The van der Waals surface area contributed by atoms with E-state index in [1.807, 2.05) is 42.8 Å². The molecule has 4 aromatic rings. The molecule has 0 aliphatic rings. The first kappa shape index (κ1) is 14.3. The Morgan fingerprint density at radius 3 is 2.96 bits per heavy atom. The third-order valence-electron chi connectivity index (χ3n) is 3.59. The Hall–Kier alpha value is -3.29. The number of aromatic nitrogens is 6. The first-order valence-corrected chi connectivity index (χ1v) is 7.48. The fourth-order valence-corrected chi connectivity index (χ4v) is 2.53. The molecule has 0 bridgehead atoms. The number of imidazole rings is 1. The van der Waals surface area contributed by atoms with Crippen molar-refractivity contribution in [1.29, 1.82) is 0 Å². The summed E-state index contributed by atoms with van der Waals surface area (Å²) in [7, 11) is 0. The lowest BCUT2D eigenvalue weighted by Gasteiger charge is -2.03. The van der Waals surface area contributed by atoms with Crippen molar-refractivity contribution in [2.75, 3.05) is 5.32 Å². The topological polar surface area (TPSA) is 94.0 Å². The van der Waals surface area contributed by atoms with Crippen molar-refractivity contribution in [2.24, 2.45) is 0 Å². The lowest BCUT2D eigenvalue weighted by molar-refractivity contribution is 0.505. The van der Waals surface area contributed by atoms with Crippen LogP contribution in [0, 0.1) is 13.8 Å². The monoisotopic (exact) mass is 321 g/mol. The van der Waals surface area contributed by atoms with Crippen LogP contribution in [0.5, 0.6) is 0 Å². The molecule has 0 unspecified atom stereocenters. The van der Waals surface area contributed by atoms with Crippen molar-refractivity contribution >= 4 is 11.7 Å². The average Bonchev–Trinajstić information content (AvgIpc) is 3.15. The van der Waals surface area contributed by atoms with Crippen molar-refractivity contribution in [3.05, 3.63) is 54.1 Å². The number of nitrogens with one attached hydrogen (secondary N) is 1. The summed E-state index contributed by atoms with van der Waals surface area (Å²) in [6, 6.07) is 3.80. The van der Waals surface area contributed by atoms with Gasteiger partial charge in [-0.25, -0.2) is 15.0 Å². The smallest absolute Gasteiger partial charge is 0.243 e. The van der Waals surface area contributed by atoms with Crippen LogP contribution in [-0.2, 0) is 6.54 Å². The van der Waals surface area contributed by atoms with Crippen molar-refractivity contribution in [1.82, 2.24) is 29.5 Å². The second-order valence-electron chi connectivity index (χ2n) is 5.40. The number of hydrogen-bond donors (Lipinski definition) is 1. The number of furan rings is 1. The molecule has 4 aromatic heterocycles.